The molecule has 1 aromatic heterocycles. The third-order valence-electron chi connectivity index (χ3n) is 3.15. The van der Waals surface area contributed by atoms with Gasteiger partial charge in [-0.2, -0.15) is 5.10 Å². The Bertz CT molecular complexity index is 880. The average Bonchev–Trinajstić information content (AvgIpc) is 3.08. The van der Waals surface area contributed by atoms with E-state index in [1.54, 1.807) is 12.1 Å². The summed E-state index contributed by atoms with van der Waals surface area (Å²) in [4.78, 5) is 24.4. The highest BCUT2D eigenvalue weighted by Gasteiger charge is 2.23. The van der Waals surface area contributed by atoms with E-state index in [1.165, 1.54) is 11.8 Å². The van der Waals surface area contributed by atoms with Crippen LogP contribution in [0, 0.1) is 10.1 Å². The van der Waals surface area contributed by atoms with Crippen LogP contribution in [0.25, 0.3) is 0 Å². The van der Waals surface area contributed by atoms with Crippen molar-refractivity contribution in [1.82, 2.24) is 10.2 Å². The Morgan fingerprint density at radius 2 is 1.83 bits per heavy atom. The van der Waals surface area contributed by atoms with Crippen LogP contribution in [-0.4, -0.2) is 21.0 Å². The summed E-state index contributed by atoms with van der Waals surface area (Å²) < 4.78 is 0. The van der Waals surface area contributed by atoms with E-state index in [4.69, 9.17) is 0 Å². The molecule has 0 atom stereocenters. The van der Waals surface area contributed by atoms with Crippen molar-refractivity contribution in [3.63, 3.8) is 0 Å². The van der Waals surface area contributed by atoms with Gasteiger partial charge in [-0.3, -0.25) is 20.0 Å². The number of rotatable bonds is 5. The minimum absolute atomic E-state index is 0.181. The Morgan fingerprint density at radius 3 is 2.58 bits per heavy atom. The third-order valence-corrected chi connectivity index (χ3v) is 4.23. The lowest BCUT2D eigenvalue weighted by Gasteiger charge is -2.10. The van der Waals surface area contributed by atoms with Crippen LogP contribution >= 0.6 is 11.8 Å². The lowest BCUT2D eigenvalue weighted by Crippen LogP contribution is -2.14. The first kappa shape index (κ1) is 15.8. The van der Waals surface area contributed by atoms with Crippen molar-refractivity contribution in [2.24, 2.45) is 0 Å². The van der Waals surface area contributed by atoms with Crippen molar-refractivity contribution in [2.45, 2.75) is 9.79 Å². The van der Waals surface area contributed by atoms with E-state index in [9.17, 15) is 14.9 Å². The number of benzene rings is 2. The average molecular weight is 340 g/mol. The largest absolute Gasteiger partial charge is 0.319 e. The van der Waals surface area contributed by atoms with Crippen LogP contribution in [0.1, 0.15) is 10.5 Å². The van der Waals surface area contributed by atoms with Gasteiger partial charge in [-0.25, -0.2) is 0 Å². The zero-order chi connectivity index (χ0) is 16.9. The molecule has 0 unspecified atom stereocenters. The number of para-hydroxylation sites is 1. The molecule has 0 fully saturated rings. The van der Waals surface area contributed by atoms with Crippen molar-refractivity contribution < 1.29 is 9.72 Å². The lowest BCUT2D eigenvalue weighted by molar-refractivity contribution is -0.385. The molecule has 7 nitrogen and oxygen atoms in total. The number of H-pyrrole nitrogens is 1. The first-order valence-corrected chi connectivity index (χ1v) is 7.78. The van der Waals surface area contributed by atoms with Gasteiger partial charge in [0, 0.05) is 9.79 Å². The van der Waals surface area contributed by atoms with E-state index in [-0.39, 0.29) is 11.4 Å². The summed E-state index contributed by atoms with van der Waals surface area (Å²) in [5.41, 5.74) is 0.0282. The number of hydrogen-bond acceptors (Lipinski definition) is 5. The highest BCUT2D eigenvalue weighted by molar-refractivity contribution is 7.99. The molecule has 0 saturated carbocycles. The Kier molecular flexibility index (Phi) is 4.57. The van der Waals surface area contributed by atoms with Crippen molar-refractivity contribution >= 4 is 29.0 Å². The van der Waals surface area contributed by atoms with Crippen molar-refractivity contribution in [1.29, 1.82) is 0 Å². The number of nitrogens with one attached hydrogen (secondary N) is 2. The van der Waals surface area contributed by atoms with Crippen LogP contribution in [-0.2, 0) is 0 Å². The normalized spacial score (nSPS) is 10.3. The Morgan fingerprint density at radius 1 is 1.12 bits per heavy atom. The number of nitro groups is 1. The van der Waals surface area contributed by atoms with E-state index < -0.39 is 10.8 Å². The zero-order valence-corrected chi connectivity index (χ0v) is 13.1. The molecule has 3 aromatic rings. The quantitative estimate of drug-likeness (QED) is 0.544. The topological polar surface area (TPSA) is 101 Å². The summed E-state index contributed by atoms with van der Waals surface area (Å²) in [6.07, 6.45) is 1.01. The van der Waals surface area contributed by atoms with Crippen LogP contribution in [0.2, 0.25) is 0 Å². The molecule has 0 aliphatic carbocycles. The maximum Gasteiger partial charge on any atom is 0.319 e. The van der Waals surface area contributed by atoms with Gasteiger partial charge in [0.15, 0.2) is 0 Å². The summed E-state index contributed by atoms with van der Waals surface area (Å²) in [5.74, 6) is -0.611. The van der Waals surface area contributed by atoms with Gasteiger partial charge in [0.1, 0.15) is 6.20 Å². The highest BCUT2D eigenvalue weighted by Crippen LogP contribution is 2.33. The summed E-state index contributed by atoms with van der Waals surface area (Å²) in [7, 11) is 0. The molecule has 2 aromatic carbocycles. The number of aromatic amines is 1. The molecule has 1 amide bonds. The standard InChI is InChI=1S/C16H12N4O3S/c21-16(15-13(20(22)23)10-17-19-15)18-12-8-4-5-9-14(12)24-11-6-2-1-3-7-11/h1-10H,(H,17,19)(H,18,21). The minimum Gasteiger partial charge on any atom is -0.319 e. The predicted molar refractivity (Wildman–Crippen MR) is 90.2 cm³/mol. The van der Waals surface area contributed by atoms with Crippen LogP contribution in [0.15, 0.2) is 70.6 Å². The summed E-state index contributed by atoms with van der Waals surface area (Å²) >= 11 is 1.49. The molecule has 0 saturated heterocycles. The monoisotopic (exact) mass is 340 g/mol. The number of anilines is 1. The molecule has 24 heavy (non-hydrogen) atoms. The number of carbonyl (C=O) groups is 1. The molecular weight excluding hydrogens is 328 g/mol. The van der Waals surface area contributed by atoms with Gasteiger partial charge >= 0.3 is 5.69 Å². The molecule has 120 valence electrons. The first-order valence-electron chi connectivity index (χ1n) is 6.96. The summed E-state index contributed by atoms with van der Waals surface area (Å²) in [5, 5.41) is 19.5. The van der Waals surface area contributed by atoms with Gasteiger partial charge in [0.2, 0.25) is 5.69 Å². The Hall–Kier alpha value is -3.13. The maximum atomic E-state index is 12.3. The lowest BCUT2D eigenvalue weighted by atomic mass is 10.3. The second-order valence-corrected chi connectivity index (χ2v) is 5.87. The number of carbonyl (C=O) groups excluding carboxylic acids is 1. The fourth-order valence-electron chi connectivity index (χ4n) is 2.04. The van der Waals surface area contributed by atoms with Crippen molar-refractivity contribution in [3.05, 3.63) is 76.6 Å². The molecule has 1 heterocycles. The first-order chi connectivity index (χ1) is 11.6. The van der Waals surface area contributed by atoms with E-state index >= 15 is 0 Å². The van der Waals surface area contributed by atoms with Crippen LogP contribution in [0.5, 0.6) is 0 Å². The molecule has 0 spiro atoms. The van der Waals surface area contributed by atoms with Gasteiger partial charge in [-0.05, 0) is 24.3 Å². The zero-order valence-electron chi connectivity index (χ0n) is 12.3. The molecular formula is C16H12N4O3S. The van der Waals surface area contributed by atoms with Crippen LogP contribution in [0.4, 0.5) is 11.4 Å². The van der Waals surface area contributed by atoms with Gasteiger partial charge in [0.25, 0.3) is 5.91 Å². The molecule has 3 rings (SSSR count). The van der Waals surface area contributed by atoms with E-state index in [0.717, 1.165) is 16.0 Å². The predicted octanol–water partition coefficient (Wildman–Crippen LogP) is 3.72. The molecule has 0 bridgehead atoms. The smallest absolute Gasteiger partial charge is 0.319 e. The fraction of sp³-hybridized carbons (Fsp3) is 0. The second-order valence-electron chi connectivity index (χ2n) is 4.75. The summed E-state index contributed by atoms with van der Waals surface area (Å²) in [6.45, 7) is 0. The highest BCUT2D eigenvalue weighted by atomic mass is 32.2. The van der Waals surface area contributed by atoms with Crippen LogP contribution < -0.4 is 5.32 Å². The number of hydrogen-bond donors (Lipinski definition) is 2. The molecule has 0 aliphatic heterocycles. The SMILES string of the molecule is O=C(Nc1ccccc1Sc1ccccc1)c1[nH]ncc1[N+](=O)[O-]. The third kappa shape index (κ3) is 3.44. The van der Waals surface area contributed by atoms with E-state index in [2.05, 4.69) is 15.5 Å². The van der Waals surface area contributed by atoms with Crippen molar-refractivity contribution in [2.75, 3.05) is 5.32 Å². The fourth-order valence-corrected chi connectivity index (χ4v) is 2.97. The Labute approximate surface area is 141 Å². The van der Waals surface area contributed by atoms with Gasteiger partial charge in [-0.15, -0.1) is 0 Å². The molecule has 0 aliphatic rings. The number of nitrogens with zero attached hydrogens (tertiary/aromatic N) is 2. The summed E-state index contributed by atoms with van der Waals surface area (Å²) in [6, 6.07) is 17.0. The van der Waals surface area contributed by atoms with E-state index in [1.807, 2.05) is 42.5 Å². The molecule has 2 N–H and O–H groups in total. The van der Waals surface area contributed by atoms with E-state index in [0.29, 0.717) is 5.69 Å². The number of aromatic nitrogens is 2. The maximum absolute atomic E-state index is 12.3. The van der Waals surface area contributed by atoms with Crippen molar-refractivity contribution in [3.8, 4) is 0 Å². The Balaban J connectivity index is 1.84. The van der Waals surface area contributed by atoms with Crippen LogP contribution in [0.3, 0.4) is 0 Å². The van der Waals surface area contributed by atoms with Gasteiger partial charge < -0.3 is 5.32 Å². The molecule has 8 heteroatoms. The second kappa shape index (κ2) is 6.97. The minimum atomic E-state index is -0.650. The van der Waals surface area contributed by atoms with Gasteiger partial charge in [0.05, 0.1) is 10.6 Å². The molecule has 0 radical (unpaired) electrons. The van der Waals surface area contributed by atoms with Gasteiger partial charge in [-0.1, -0.05) is 42.1 Å². The number of amides is 1.